The topological polar surface area (TPSA) is 116 Å². The van der Waals surface area contributed by atoms with Crippen LogP contribution in [0, 0.1) is 0 Å². The van der Waals surface area contributed by atoms with Crippen LogP contribution in [0.5, 0.6) is 0 Å². The smallest absolute Gasteiger partial charge is 0.272 e. The fraction of sp³-hybridized carbons (Fsp3) is 0.0323. The largest absolute Gasteiger partial charge is 0.361 e. The number of amides is 3. The summed E-state index contributed by atoms with van der Waals surface area (Å²) in [5.74, 6) is -0.578. The zero-order chi connectivity index (χ0) is 28.6. The van der Waals surface area contributed by atoms with E-state index in [4.69, 9.17) is 11.6 Å². The number of rotatable bonds is 9. The highest BCUT2D eigenvalue weighted by Gasteiger charge is 2.16. The minimum absolute atomic E-state index is 0.0801. The fourth-order valence-corrected chi connectivity index (χ4v) is 4.82. The van der Waals surface area contributed by atoms with E-state index < -0.39 is 11.8 Å². The van der Waals surface area contributed by atoms with E-state index in [0.29, 0.717) is 22.1 Å². The second-order valence-electron chi connectivity index (χ2n) is 8.85. The lowest BCUT2D eigenvalue weighted by atomic mass is 10.1. The van der Waals surface area contributed by atoms with Gasteiger partial charge >= 0.3 is 0 Å². The molecule has 3 aromatic carbocycles. The third kappa shape index (κ3) is 7.42. The summed E-state index contributed by atoms with van der Waals surface area (Å²) in [7, 11) is 0. The molecular formula is C31H24ClN5O3S. The Morgan fingerprint density at radius 2 is 1.71 bits per heavy atom. The Morgan fingerprint density at radius 3 is 2.51 bits per heavy atom. The first-order chi connectivity index (χ1) is 19.9. The summed E-state index contributed by atoms with van der Waals surface area (Å²) in [6, 6.07) is 26.8. The van der Waals surface area contributed by atoms with E-state index in [1.807, 2.05) is 36.4 Å². The van der Waals surface area contributed by atoms with Crippen molar-refractivity contribution in [3.05, 3.63) is 125 Å². The summed E-state index contributed by atoms with van der Waals surface area (Å²) in [4.78, 5) is 46.8. The first kappa shape index (κ1) is 27.7. The fourth-order valence-electron chi connectivity index (χ4n) is 3.95. The number of para-hydroxylation sites is 1. The molecule has 2 aromatic heterocycles. The summed E-state index contributed by atoms with van der Waals surface area (Å²) in [5, 5.41) is 9.74. The number of fused-ring (bicyclic) bond motifs is 1. The molecule has 5 rings (SSSR count). The summed E-state index contributed by atoms with van der Waals surface area (Å²) >= 11 is 7.14. The zero-order valence-electron chi connectivity index (χ0n) is 21.6. The number of H-pyrrole nitrogens is 1. The lowest BCUT2D eigenvalue weighted by Crippen LogP contribution is -2.30. The van der Waals surface area contributed by atoms with Gasteiger partial charge in [0, 0.05) is 45.0 Å². The molecule has 0 aliphatic carbocycles. The number of anilines is 2. The molecule has 0 unspecified atom stereocenters. The van der Waals surface area contributed by atoms with Crippen molar-refractivity contribution in [3.63, 3.8) is 0 Å². The summed E-state index contributed by atoms with van der Waals surface area (Å²) < 4.78 is 0. The number of thioether (sulfide) groups is 1. The van der Waals surface area contributed by atoms with Crippen LogP contribution in [0.3, 0.4) is 0 Å². The maximum atomic E-state index is 13.5. The van der Waals surface area contributed by atoms with Gasteiger partial charge in [-0.05, 0) is 54.6 Å². The van der Waals surface area contributed by atoms with E-state index in [0.717, 1.165) is 21.4 Å². The SMILES string of the molecule is O=C(CSc1cccc(NC(=O)/C(=C/c2c[nH]c3ccccc23)NC(=O)c2ccccc2)c1)Nc1ccc(Cl)cn1. The summed E-state index contributed by atoms with van der Waals surface area (Å²) in [5.41, 5.74) is 2.68. The zero-order valence-corrected chi connectivity index (χ0v) is 23.1. The van der Waals surface area contributed by atoms with E-state index in [-0.39, 0.29) is 17.4 Å². The van der Waals surface area contributed by atoms with Crippen molar-refractivity contribution in [1.82, 2.24) is 15.3 Å². The van der Waals surface area contributed by atoms with Crippen molar-refractivity contribution in [2.75, 3.05) is 16.4 Å². The molecular weight excluding hydrogens is 558 g/mol. The molecule has 0 bridgehead atoms. The Bertz CT molecular complexity index is 1740. The predicted octanol–water partition coefficient (Wildman–Crippen LogP) is 6.36. The Morgan fingerprint density at radius 1 is 0.902 bits per heavy atom. The van der Waals surface area contributed by atoms with Gasteiger partial charge in [0.25, 0.3) is 11.8 Å². The lowest BCUT2D eigenvalue weighted by molar-refractivity contribution is -0.114. The van der Waals surface area contributed by atoms with Gasteiger partial charge in [-0.1, -0.05) is 54.1 Å². The van der Waals surface area contributed by atoms with Crippen LogP contribution >= 0.6 is 23.4 Å². The average molecular weight is 582 g/mol. The first-order valence-electron chi connectivity index (χ1n) is 12.5. The Hall–Kier alpha value is -4.86. The molecule has 0 radical (unpaired) electrons. The van der Waals surface area contributed by atoms with Crippen molar-refractivity contribution in [1.29, 1.82) is 0 Å². The van der Waals surface area contributed by atoms with Gasteiger partial charge in [-0.25, -0.2) is 4.98 Å². The van der Waals surface area contributed by atoms with Crippen molar-refractivity contribution >= 4 is 69.6 Å². The van der Waals surface area contributed by atoms with Gasteiger partial charge in [0.1, 0.15) is 11.5 Å². The van der Waals surface area contributed by atoms with Crippen molar-refractivity contribution in [2.45, 2.75) is 4.90 Å². The van der Waals surface area contributed by atoms with Gasteiger partial charge in [0.15, 0.2) is 0 Å². The Kier molecular flexibility index (Phi) is 8.78. The first-order valence-corrected chi connectivity index (χ1v) is 13.9. The summed E-state index contributed by atoms with van der Waals surface area (Å²) in [6.45, 7) is 0. The van der Waals surface area contributed by atoms with Crippen LogP contribution in [0.2, 0.25) is 5.02 Å². The maximum Gasteiger partial charge on any atom is 0.272 e. The molecule has 0 aliphatic rings. The number of hydrogen-bond donors (Lipinski definition) is 4. The second-order valence-corrected chi connectivity index (χ2v) is 10.3. The molecule has 0 fully saturated rings. The van der Waals surface area contributed by atoms with Crippen molar-refractivity contribution < 1.29 is 14.4 Å². The molecule has 8 nitrogen and oxygen atoms in total. The third-order valence-electron chi connectivity index (χ3n) is 5.91. The molecule has 0 saturated carbocycles. The number of benzene rings is 3. The van der Waals surface area contributed by atoms with Crippen molar-refractivity contribution in [2.24, 2.45) is 0 Å². The van der Waals surface area contributed by atoms with Gasteiger partial charge < -0.3 is 20.9 Å². The number of aromatic amines is 1. The molecule has 3 amide bonds. The van der Waals surface area contributed by atoms with E-state index >= 15 is 0 Å². The van der Waals surface area contributed by atoms with E-state index in [9.17, 15) is 14.4 Å². The Balaban J connectivity index is 1.30. The van der Waals surface area contributed by atoms with Crippen LogP contribution in [0.25, 0.3) is 17.0 Å². The van der Waals surface area contributed by atoms with Crippen LogP contribution < -0.4 is 16.0 Å². The predicted molar refractivity (Wildman–Crippen MR) is 164 cm³/mol. The molecule has 4 N–H and O–H groups in total. The number of carbonyl (C=O) groups excluding carboxylic acids is 3. The molecule has 41 heavy (non-hydrogen) atoms. The van der Waals surface area contributed by atoms with Gasteiger partial charge in [-0.2, -0.15) is 0 Å². The van der Waals surface area contributed by atoms with Gasteiger partial charge in [-0.15, -0.1) is 11.8 Å². The monoisotopic (exact) mass is 581 g/mol. The molecule has 0 atom stereocenters. The Labute approximate surface area is 245 Å². The number of hydrogen-bond acceptors (Lipinski definition) is 5. The maximum absolute atomic E-state index is 13.5. The molecule has 204 valence electrons. The minimum Gasteiger partial charge on any atom is -0.361 e. The van der Waals surface area contributed by atoms with Crippen LogP contribution in [-0.4, -0.2) is 33.4 Å². The quantitative estimate of drug-likeness (QED) is 0.119. The molecule has 2 heterocycles. The van der Waals surface area contributed by atoms with Crippen LogP contribution in [0.15, 0.2) is 114 Å². The molecule has 10 heteroatoms. The van der Waals surface area contributed by atoms with E-state index in [1.54, 1.807) is 66.9 Å². The van der Waals surface area contributed by atoms with Gasteiger partial charge in [0.05, 0.1) is 10.8 Å². The minimum atomic E-state index is -0.492. The highest BCUT2D eigenvalue weighted by molar-refractivity contribution is 8.00. The highest BCUT2D eigenvalue weighted by Crippen LogP contribution is 2.24. The van der Waals surface area contributed by atoms with Crippen LogP contribution in [0.1, 0.15) is 15.9 Å². The van der Waals surface area contributed by atoms with Gasteiger partial charge in [-0.3, -0.25) is 14.4 Å². The number of carbonyl (C=O) groups is 3. The van der Waals surface area contributed by atoms with Crippen molar-refractivity contribution in [3.8, 4) is 0 Å². The van der Waals surface area contributed by atoms with E-state index in [2.05, 4.69) is 25.9 Å². The number of nitrogens with one attached hydrogen (secondary N) is 4. The standard InChI is InChI=1S/C31H24ClN5O3S/c32-22-13-14-28(34-18-22)37-29(38)19-41-24-10-6-9-23(16-24)35-31(40)27(36-30(39)20-7-2-1-3-8-20)15-21-17-33-26-12-5-4-11-25(21)26/h1-18,33H,19H2,(H,35,40)(H,36,39)(H,34,37,38)/b27-15-. The molecule has 5 aromatic rings. The average Bonchev–Trinajstić information content (AvgIpc) is 3.40. The normalized spacial score (nSPS) is 11.2. The molecule has 0 spiro atoms. The lowest BCUT2D eigenvalue weighted by Gasteiger charge is -2.12. The molecule has 0 saturated heterocycles. The second kappa shape index (κ2) is 13.0. The number of pyridine rings is 1. The van der Waals surface area contributed by atoms with Crippen LogP contribution in [0.4, 0.5) is 11.5 Å². The third-order valence-corrected chi connectivity index (χ3v) is 7.12. The number of nitrogens with zero attached hydrogens (tertiary/aromatic N) is 1. The van der Waals surface area contributed by atoms with E-state index in [1.165, 1.54) is 18.0 Å². The summed E-state index contributed by atoms with van der Waals surface area (Å²) in [6.07, 6.45) is 4.89. The highest BCUT2D eigenvalue weighted by atomic mass is 35.5. The van der Waals surface area contributed by atoms with Gasteiger partial charge in [0.2, 0.25) is 5.91 Å². The van der Waals surface area contributed by atoms with Crippen LogP contribution in [-0.2, 0) is 9.59 Å². The number of halogens is 1. The number of aromatic nitrogens is 2. The molecule has 0 aliphatic heterocycles.